The van der Waals surface area contributed by atoms with E-state index in [0.29, 0.717) is 19.0 Å². The Morgan fingerprint density at radius 2 is 1.89 bits per heavy atom. The summed E-state index contributed by atoms with van der Waals surface area (Å²) in [4.78, 5) is 25.4. The molecular formula is C12H21N3O2S. The van der Waals surface area contributed by atoms with Crippen molar-refractivity contribution in [3.63, 3.8) is 0 Å². The zero-order valence-electron chi connectivity index (χ0n) is 11.2. The van der Waals surface area contributed by atoms with Crippen LogP contribution in [-0.4, -0.2) is 52.5 Å². The van der Waals surface area contributed by atoms with E-state index in [0.717, 1.165) is 11.5 Å². The molecule has 2 saturated heterocycles. The van der Waals surface area contributed by atoms with Crippen molar-refractivity contribution < 1.29 is 9.59 Å². The van der Waals surface area contributed by atoms with Gasteiger partial charge in [-0.25, -0.2) is 4.79 Å². The van der Waals surface area contributed by atoms with Crippen LogP contribution in [0, 0.1) is 0 Å². The van der Waals surface area contributed by atoms with Crippen molar-refractivity contribution in [1.82, 2.24) is 15.5 Å². The fourth-order valence-electron chi connectivity index (χ4n) is 2.18. The molecule has 2 heterocycles. The first kappa shape index (κ1) is 13.5. The van der Waals surface area contributed by atoms with Crippen LogP contribution in [0.15, 0.2) is 0 Å². The van der Waals surface area contributed by atoms with Crippen LogP contribution < -0.4 is 10.6 Å². The molecule has 2 N–H and O–H groups in total. The zero-order valence-corrected chi connectivity index (χ0v) is 12.0. The number of nitrogens with zero attached hydrogens (tertiary/aromatic N) is 1. The summed E-state index contributed by atoms with van der Waals surface area (Å²) in [6.07, 6.45) is 0.407. The maximum absolute atomic E-state index is 11.9. The molecule has 0 radical (unpaired) electrons. The lowest BCUT2D eigenvalue weighted by Gasteiger charge is -2.32. The van der Waals surface area contributed by atoms with Crippen LogP contribution in [0.1, 0.15) is 27.2 Å². The van der Waals surface area contributed by atoms with Crippen LogP contribution in [0.25, 0.3) is 0 Å². The third kappa shape index (κ3) is 3.10. The molecule has 2 aliphatic heterocycles. The molecule has 2 fully saturated rings. The summed E-state index contributed by atoms with van der Waals surface area (Å²) in [6, 6.07) is 0.0872. The third-order valence-corrected chi connectivity index (χ3v) is 4.52. The Morgan fingerprint density at radius 3 is 2.33 bits per heavy atom. The minimum absolute atomic E-state index is 0.0653. The lowest BCUT2D eigenvalue weighted by atomic mass is 10.1. The van der Waals surface area contributed by atoms with E-state index in [1.165, 1.54) is 0 Å². The summed E-state index contributed by atoms with van der Waals surface area (Å²) in [6.45, 7) is 6.64. The molecule has 102 valence electrons. The van der Waals surface area contributed by atoms with Crippen molar-refractivity contribution in [3.05, 3.63) is 0 Å². The van der Waals surface area contributed by atoms with E-state index in [2.05, 4.69) is 10.6 Å². The van der Waals surface area contributed by atoms with Crippen molar-refractivity contribution in [2.75, 3.05) is 18.1 Å². The van der Waals surface area contributed by atoms with Crippen LogP contribution >= 0.6 is 11.8 Å². The first-order valence-electron chi connectivity index (χ1n) is 6.31. The standard InChI is InChI=1S/C12H21N3O2S/c1-12(2,3)15-5-8(4-10(15)16)13-11(17)14-9-6-18-7-9/h8-9H,4-7H2,1-3H3,(H2,13,14,17). The van der Waals surface area contributed by atoms with Crippen molar-refractivity contribution in [2.24, 2.45) is 0 Å². The summed E-state index contributed by atoms with van der Waals surface area (Å²) in [5.74, 6) is 2.10. The van der Waals surface area contributed by atoms with Crippen LogP contribution in [-0.2, 0) is 4.79 Å². The third-order valence-electron chi connectivity index (χ3n) is 3.24. The van der Waals surface area contributed by atoms with Crippen molar-refractivity contribution in [1.29, 1.82) is 0 Å². The highest BCUT2D eigenvalue weighted by Crippen LogP contribution is 2.22. The molecule has 6 heteroatoms. The molecule has 0 spiro atoms. The minimum Gasteiger partial charge on any atom is -0.336 e. The normalized spacial score (nSPS) is 24.9. The SMILES string of the molecule is CC(C)(C)N1CC(NC(=O)NC2CSC2)CC1=O. The minimum atomic E-state index is -0.172. The summed E-state index contributed by atoms with van der Waals surface area (Å²) < 4.78 is 0. The summed E-state index contributed by atoms with van der Waals surface area (Å²) in [5.41, 5.74) is -0.172. The highest BCUT2D eigenvalue weighted by atomic mass is 32.2. The molecule has 2 aliphatic rings. The molecule has 1 unspecified atom stereocenters. The van der Waals surface area contributed by atoms with E-state index in [1.54, 1.807) is 0 Å². The monoisotopic (exact) mass is 271 g/mol. The maximum Gasteiger partial charge on any atom is 0.315 e. The van der Waals surface area contributed by atoms with E-state index in [-0.39, 0.29) is 23.5 Å². The van der Waals surface area contributed by atoms with Gasteiger partial charge in [-0.15, -0.1) is 0 Å². The number of nitrogens with one attached hydrogen (secondary N) is 2. The summed E-state index contributed by atoms with van der Waals surface area (Å²) in [7, 11) is 0. The molecular weight excluding hydrogens is 250 g/mol. The lowest BCUT2D eigenvalue weighted by molar-refractivity contribution is -0.131. The molecule has 5 nitrogen and oxygen atoms in total. The number of carbonyl (C=O) groups is 2. The van der Waals surface area contributed by atoms with Gasteiger partial charge in [0.05, 0.1) is 6.04 Å². The molecule has 1 atom stereocenters. The Balaban J connectivity index is 1.81. The van der Waals surface area contributed by atoms with Crippen LogP contribution in [0.5, 0.6) is 0 Å². The Bertz CT molecular complexity index is 350. The molecule has 0 bridgehead atoms. The van der Waals surface area contributed by atoms with E-state index < -0.39 is 0 Å². The number of amides is 3. The van der Waals surface area contributed by atoms with Crippen LogP contribution in [0.3, 0.4) is 0 Å². The number of urea groups is 1. The Morgan fingerprint density at radius 1 is 1.28 bits per heavy atom. The zero-order chi connectivity index (χ0) is 13.3. The van der Waals surface area contributed by atoms with Crippen LogP contribution in [0.4, 0.5) is 4.79 Å². The van der Waals surface area contributed by atoms with Crippen molar-refractivity contribution >= 4 is 23.7 Å². The molecule has 18 heavy (non-hydrogen) atoms. The fourth-order valence-corrected chi connectivity index (χ4v) is 2.82. The lowest BCUT2D eigenvalue weighted by Crippen LogP contribution is -2.51. The largest absolute Gasteiger partial charge is 0.336 e. The van der Waals surface area contributed by atoms with E-state index in [1.807, 2.05) is 37.4 Å². The molecule has 0 aromatic carbocycles. The molecule has 0 aromatic heterocycles. The van der Waals surface area contributed by atoms with E-state index >= 15 is 0 Å². The van der Waals surface area contributed by atoms with Gasteiger partial charge in [-0.2, -0.15) is 11.8 Å². The predicted molar refractivity (Wildman–Crippen MR) is 72.7 cm³/mol. The smallest absolute Gasteiger partial charge is 0.315 e. The second-order valence-electron chi connectivity index (χ2n) is 5.93. The van der Waals surface area contributed by atoms with E-state index in [4.69, 9.17) is 0 Å². The Hall–Kier alpha value is -0.910. The van der Waals surface area contributed by atoms with Crippen molar-refractivity contribution in [3.8, 4) is 0 Å². The van der Waals surface area contributed by atoms with Gasteiger partial charge in [0.25, 0.3) is 0 Å². The van der Waals surface area contributed by atoms with Gasteiger partial charge in [-0.3, -0.25) is 4.79 Å². The van der Waals surface area contributed by atoms with E-state index in [9.17, 15) is 9.59 Å². The number of hydrogen-bond acceptors (Lipinski definition) is 3. The highest BCUT2D eigenvalue weighted by Gasteiger charge is 2.37. The average Bonchev–Trinajstić information content (AvgIpc) is 2.52. The Kier molecular flexibility index (Phi) is 3.75. The van der Waals surface area contributed by atoms with Gasteiger partial charge in [-0.05, 0) is 20.8 Å². The Labute approximate surface area is 112 Å². The molecule has 2 rings (SSSR count). The quantitative estimate of drug-likeness (QED) is 0.781. The highest BCUT2D eigenvalue weighted by molar-refractivity contribution is 8.00. The van der Waals surface area contributed by atoms with Gasteiger partial charge in [-0.1, -0.05) is 0 Å². The van der Waals surface area contributed by atoms with Gasteiger partial charge >= 0.3 is 6.03 Å². The summed E-state index contributed by atoms with van der Waals surface area (Å²) in [5, 5.41) is 5.80. The first-order chi connectivity index (χ1) is 8.36. The predicted octanol–water partition coefficient (Wildman–Crippen LogP) is 0.800. The van der Waals surface area contributed by atoms with Crippen LogP contribution in [0.2, 0.25) is 0 Å². The molecule has 0 saturated carbocycles. The van der Waals surface area contributed by atoms with Gasteiger partial charge in [0.15, 0.2) is 0 Å². The number of likely N-dealkylation sites (tertiary alicyclic amines) is 1. The molecule has 0 aliphatic carbocycles. The van der Waals surface area contributed by atoms with Crippen molar-refractivity contribution in [2.45, 2.75) is 44.8 Å². The molecule has 0 aromatic rings. The van der Waals surface area contributed by atoms with Gasteiger partial charge in [0, 0.05) is 36.1 Å². The van der Waals surface area contributed by atoms with Gasteiger partial charge in [0.2, 0.25) is 5.91 Å². The number of hydrogen-bond donors (Lipinski definition) is 2. The molecule has 3 amide bonds. The number of rotatable bonds is 2. The second-order valence-corrected chi connectivity index (χ2v) is 7.00. The van der Waals surface area contributed by atoms with Gasteiger partial charge < -0.3 is 15.5 Å². The second kappa shape index (κ2) is 4.99. The number of thioether (sulfide) groups is 1. The van der Waals surface area contributed by atoms with Gasteiger partial charge in [0.1, 0.15) is 0 Å². The maximum atomic E-state index is 11.9. The first-order valence-corrected chi connectivity index (χ1v) is 7.47. The topological polar surface area (TPSA) is 61.4 Å². The average molecular weight is 271 g/mol. The summed E-state index contributed by atoms with van der Waals surface area (Å²) >= 11 is 1.83. The number of carbonyl (C=O) groups excluding carboxylic acids is 2. The fraction of sp³-hybridized carbons (Fsp3) is 0.833.